The molecular weight excluding hydrogens is 235 g/mol. The molecule has 0 aromatic heterocycles. The molecule has 1 rings (SSSR count). The zero-order chi connectivity index (χ0) is 8.32. The summed E-state index contributed by atoms with van der Waals surface area (Å²) in [6.45, 7) is 0.299. The molecule has 2 unspecified atom stereocenters. The van der Waals surface area contributed by atoms with Crippen LogP contribution >= 0.6 is 23.8 Å². The van der Waals surface area contributed by atoms with Gasteiger partial charge in [0, 0.05) is 0 Å². The van der Waals surface area contributed by atoms with E-state index >= 15 is 0 Å². The lowest BCUT2D eigenvalue weighted by atomic mass is 10.2. The zero-order valence-corrected chi connectivity index (χ0v) is 8.38. The molecule has 1 aliphatic heterocycles. The highest BCUT2D eigenvalue weighted by molar-refractivity contribution is 9.09. The number of halogens is 1. The Kier molecular flexibility index (Phi) is 3.52. The topological polar surface area (TPSA) is 55.8 Å². The van der Waals surface area contributed by atoms with Crippen LogP contribution in [0.15, 0.2) is 0 Å². The summed E-state index contributed by atoms with van der Waals surface area (Å²) in [4.78, 5) is 8.93. The van der Waals surface area contributed by atoms with Crippen LogP contribution in [0.25, 0.3) is 0 Å². The highest BCUT2D eigenvalue weighted by atomic mass is 79.9. The number of alkyl halides is 1. The first kappa shape index (κ1) is 9.68. The summed E-state index contributed by atoms with van der Waals surface area (Å²) in [6.07, 6.45) is 2.49. The van der Waals surface area contributed by atoms with E-state index in [1.807, 2.05) is 0 Å². The molecule has 1 saturated heterocycles. The van der Waals surface area contributed by atoms with Gasteiger partial charge in [-0.3, -0.25) is 9.05 Å². The Bertz CT molecular complexity index is 174. The van der Waals surface area contributed by atoms with Crippen molar-refractivity contribution >= 4 is 23.8 Å². The van der Waals surface area contributed by atoms with Crippen LogP contribution in [0.3, 0.4) is 0 Å². The van der Waals surface area contributed by atoms with Crippen LogP contribution in [0.4, 0.5) is 0 Å². The van der Waals surface area contributed by atoms with Gasteiger partial charge >= 0.3 is 7.82 Å². The van der Waals surface area contributed by atoms with Crippen molar-refractivity contribution < 1.29 is 18.5 Å². The van der Waals surface area contributed by atoms with Crippen LogP contribution in [0, 0.1) is 0 Å². The average Bonchev–Trinajstić information content (AvgIpc) is 1.82. The number of phosphoric ester groups is 1. The lowest BCUT2D eigenvalue weighted by Gasteiger charge is -2.18. The van der Waals surface area contributed by atoms with E-state index in [9.17, 15) is 4.57 Å². The fraction of sp³-hybridized carbons (Fsp3) is 1.00. The fourth-order valence-corrected chi connectivity index (χ4v) is 2.59. The third-order valence-corrected chi connectivity index (χ3v) is 3.29. The van der Waals surface area contributed by atoms with Gasteiger partial charge in [-0.15, -0.1) is 0 Å². The van der Waals surface area contributed by atoms with E-state index in [0.29, 0.717) is 6.61 Å². The summed E-state index contributed by atoms with van der Waals surface area (Å²) in [5.41, 5.74) is 0. The minimum atomic E-state index is -3.76. The molecular formula is C5H10BrO4P. The molecule has 1 aliphatic rings. The predicted molar refractivity (Wildman–Crippen MR) is 43.4 cm³/mol. The van der Waals surface area contributed by atoms with E-state index in [1.54, 1.807) is 0 Å². The summed E-state index contributed by atoms with van der Waals surface area (Å²) < 4.78 is 20.2. The van der Waals surface area contributed by atoms with Crippen molar-refractivity contribution in [2.24, 2.45) is 0 Å². The molecule has 1 N–H and O–H groups in total. The largest absolute Gasteiger partial charge is 0.473 e. The van der Waals surface area contributed by atoms with E-state index in [1.165, 1.54) is 0 Å². The molecule has 11 heavy (non-hydrogen) atoms. The van der Waals surface area contributed by atoms with Crippen LogP contribution in [0.2, 0.25) is 0 Å². The second-order valence-corrected chi connectivity index (χ2v) is 4.74. The maximum Gasteiger partial charge on any atom is 0.473 e. The molecule has 0 radical (unpaired) electrons. The first-order valence-corrected chi connectivity index (χ1v) is 5.81. The maximum absolute atomic E-state index is 10.9. The summed E-state index contributed by atoms with van der Waals surface area (Å²) >= 11 is 3.11. The van der Waals surface area contributed by atoms with Crippen LogP contribution < -0.4 is 0 Å². The molecule has 1 heterocycles. The molecule has 6 heteroatoms. The van der Waals surface area contributed by atoms with Gasteiger partial charge in [0.05, 0.1) is 6.61 Å². The van der Waals surface area contributed by atoms with E-state index in [-0.39, 0.29) is 5.01 Å². The highest BCUT2D eigenvalue weighted by Gasteiger charge is 2.26. The van der Waals surface area contributed by atoms with Gasteiger partial charge in [-0.2, -0.15) is 0 Å². The van der Waals surface area contributed by atoms with Crippen molar-refractivity contribution in [3.63, 3.8) is 0 Å². The molecule has 1 fully saturated rings. The average molecular weight is 245 g/mol. The Morgan fingerprint density at radius 2 is 2.27 bits per heavy atom. The van der Waals surface area contributed by atoms with E-state index in [2.05, 4.69) is 25.0 Å². The van der Waals surface area contributed by atoms with Crippen molar-refractivity contribution in [2.75, 3.05) is 6.61 Å². The first-order chi connectivity index (χ1) is 5.10. The van der Waals surface area contributed by atoms with Crippen LogP contribution in [0.5, 0.6) is 0 Å². The van der Waals surface area contributed by atoms with Gasteiger partial charge in [0.2, 0.25) is 0 Å². The Labute approximate surface area is 73.6 Å². The second kappa shape index (κ2) is 4.01. The Hall–Kier alpha value is 0.590. The summed E-state index contributed by atoms with van der Waals surface area (Å²) in [7, 11) is -3.76. The van der Waals surface area contributed by atoms with Gasteiger partial charge < -0.3 is 4.89 Å². The van der Waals surface area contributed by atoms with E-state index in [4.69, 9.17) is 4.89 Å². The molecule has 66 valence electrons. The lowest BCUT2D eigenvalue weighted by Crippen LogP contribution is -2.09. The molecule has 0 spiro atoms. The van der Waals surface area contributed by atoms with E-state index in [0.717, 1.165) is 19.3 Å². The predicted octanol–water partition coefficient (Wildman–Crippen LogP) is 2.02. The Morgan fingerprint density at radius 3 is 3.00 bits per heavy atom. The lowest BCUT2D eigenvalue weighted by molar-refractivity contribution is 0.121. The van der Waals surface area contributed by atoms with Gasteiger partial charge in [0.1, 0.15) is 5.01 Å². The normalized spacial score (nSPS) is 41.1. The third-order valence-electron chi connectivity index (χ3n) is 1.33. The molecule has 0 aromatic carbocycles. The summed E-state index contributed by atoms with van der Waals surface area (Å²) in [5.74, 6) is 0. The summed E-state index contributed by atoms with van der Waals surface area (Å²) in [5, 5.41) is -0.362. The smallest absolute Gasteiger partial charge is 0.302 e. The molecule has 0 bridgehead atoms. The molecule has 4 nitrogen and oxygen atoms in total. The minimum Gasteiger partial charge on any atom is -0.302 e. The van der Waals surface area contributed by atoms with Crippen molar-refractivity contribution in [1.29, 1.82) is 0 Å². The van der Waals surface area contributed by atoms with Gasteiger partial charge in [-0.25, -0.2) is 4.57 Å². The Balaban J connectivity index is 2.49. The number of rotatable bonds is 0. The van der Waals surface area contributed by atoms with Crippen molar-refractivity contribution in [1.82, 2.24) is 0 Å². The second-order valence-electron chi connectivity index (χ2n) is 2.31. The molecule has 0 saturated carbocycles. The van der Waals surface area contributed by atoms with E-state index < -0.39 is 7.82 Å². The van der Waals surface area contributed by atoms with Crippen molar-refractivity contribution in [3.05, 3.63) is 0 Å². The quantitative estimate of drug-likeness (QED) is 0.524. The van der Waals surface area contributed by atoms with Crippen LogP contribution in [-0.2, 0) is 13.6 Å². The highest BCUT2D eigenvalue weighted by Crippen LogP contribution is 2.47. The number of hydrogen-bond acceptors (Lipinski definition) is 3. The van der Waals surface area contributed by atoms with Gasteiger partial charge in [0.15, 0.2) is 0 Å². The minimum absolute atomic E-state index is 0.299. The van der Waals surface area contributed by atoms with Crippen LogP contribution in [0.1, 0.15) is 19.3 Å². The van der Waals surface area contributed by atoms with Crippen LogP contribution in [-0.4, -0.2) is 16.5 Å². The first-order valence-electron chi connectivity index (χ1n) is 3.40. The molecule has 0 amide bonds. The van der Waals surface area contributed by atoms with Gasteiger partial charge in [-0.1, -0.05) is 15.9 Å². The van der Waals surface area contributed by atoms with Gasteiger partial charge in [-0.05, 0) is 19.3 Å². The van der Waals surface area contributed by atoms with Crippen molar-refractivity contribution in [2.45, 2.75) is 24.3 Å². The van der Waals surface area contributed by atoms with Crippen molar-refractivity contribution in [3.8, 4) is 0 Å². The monoisotopic (exact) mass is 244 g/mol. The SMILES string of the molecule is O=P1(O)OCCCCC(Br)O1. The molecule has 0 aliphatic carbocycles. The zero-order valence-electron chi connectivity index (χ0n) is 5.90. The number of hydrogen-bond donors (Lipinski definition) is 1. The Morgan fingerprint density at radius 1 is 1.55 bits per heavy atom. The maximum atomic E-state index is 10.9. The summed E-state index contributed by atoms with van der Waals surface area (Å²) in [6, 6.07) is 0. The number of phosphoric acid groups is 1. The fourth-order valence-electron chi connectivity index (χ4n) is 0.814. The third kappa shape index (κ3) is 3.67. The molecule has 2 atom stereocenters. The standard InChI is InChI=1S/C5H10BrO4P/c6-5-3-1-2-4-9-11(7,8)10-5/h5H,1-4H2,(H,7,8). The molecule has 0 aromatic rings. The van der Waals surface area contributed by atoms with Gasteiger partial charge in [0.25, 0.3) is 0 Å².